The Hall–Kier alpha value is -1.51. The van der Waals surface area contributed by atoms with E-state index in [4.69, 9.17) is 5.11 Å². The largest absolute Gasteiger partial charge is 0.478 e. The summed E-state index contributed by atoms with van der Waals surface area (Å²) in [6, 6.07) is 7.51. The Bertz CT molecular complexity index is 372. The predicted octanol–water partition coefficient (Wildman–Crippen LogP) is 2.99. The first-order valence-electron chi connectivity index (χ1n) is 5.76. The standard InChI is InChI=1S/C13H17NO2/c1-9-3-2-4-12(9)14-11-7-5-10(6-8-11)13(15)16/h5-9,12,14H,2-4H2,1H3,(H,15,16). The van der Waals surface area contributed by atoms with E-state index in [0.717, 1.165) is 5.69 Å². The maximum Gasteiger partial charge on any atom is 0.335 e. The van der Waals surface area contributed by atoms with Crippen molar-refractivity contribution in [3.8, 4) is 0 Å². The summed E-state index contributed by atoms with van der Waals surface area (Å²) in [5, 5.41) is 12.2. The molecule has 86 valence electrons. The Morgan fingerprint density at radius 3 is 2.50 bits per heavy atom. The van der Waals surface area contributed by atoms with E-state index >= 15 is 0 Å². The van der Waals surface area contributed by atoms with Gasteiger partial charge in [0.25, 0.3) is 0 Å². The molecule has 0 amide bonds. The smallest absolute Gasteiger partial charge is 0.335 e. The highest BCUT2D eigenvalue weighted by molar-refractivity contribution is 5.87. The second-order valence-electron chi connectivity index (χ2n) is 4.54. The predicted molar refractivity (Wildman–Crippen MR) is 63.8 cm³/mol. The molecule has 2 atom stereocenters. The summed E-state index contributed by atoms with van der Waals surface area (Å²) in [4.78, 5) is 10.7. The molecular weight excluding hydrogens is 202 g/mol. The van der Waals surface area contributed by atoms with E-state index in [1.807, 2.05) is 12.1 Å². The van der Waals surface area contributed by atoms with Crippen molar-refractivity contribution in [2.24, 2.45) is 5.92 Å². The number of aromatic carboxylic acids is 1. The second kappa shape index (κ2) is 4.56. The van der Waals surface area contributed by atoms with Gasteiger partial charge in [-0.15, -0.1) is 0 Å². The molecule has 0 spiro atoms. The number of hydrogen-bond acceptors (Lipinski definition) is 2. The maximum absolute atomic E-state index is 10.7. The molecule has 0 aliphatic heterocycles. The van der Waals surface area contributed by atoms with Crippen molar-refractivity contribution in [2.45, 2.75) is 32.2 Å². The molecule has 3 nitrogen and oxygen atoms in total. The van der Waals surface area contributed by atoms with Crippen LogP contribution in [0.3, 0.4) is 0 Å². The van der Waals surface area contributed by atoms with Gasteiger partial charge in [0.05, 0.1) is 5.56 Å². The molecule has 0 bridgehead atoms. The van der Waals surface area contributed by atoms with E-state index < -0.39 is 5.97 Å². The highest BCUT2D eigenvalue weighted by Gasteiger charge is 2.22. The lowest BCUT2D eigenvalue weighted by atomic mass is 10.1. The van der Waals surface area contributed by atoms with E-state index in [1.54, 1.807) is 12.1 Å². The molecule has 1 aliphatic rings. The van der Waals surface area contributed by atoms with Gasteiger partial charge in [0.1, 0.15) is 0 Å². The maximum atomic E-state index is 10.7. The number of carbonyl (C=O) groups is 1. The summed E-state index contributed by atoms with van der Waals surface area (Å²) in [5.74, 6) is -0.167. The second-order valence-corrected chi connectivity index (χ2v) is 4.54. The highest BCUT2D eigenvalue weighted by Crippen LogP contribution is 2.27. The molecule has 0 radical (unpaired) electrons. The van der Waals surface area contributed by atoms with E-state index in [-0.39, 0.29) is 0 Å². The highest BCUT2D eigenvalue weighted by atomic mass is 16.4. The quantitative estimate of drug-likeness (QED) is 0.821. The fourth-order valence-electron chi connectivity index (χ4n) is 2.28. The number of anilines is 1. The minimum absolute atomic E-state index is 0.338. The van der Waals surface area contributed by atoms with Gasteiger partial charge in [0.2, 0.25) is 0 Å². The molecule has 1 saturated carbocycles. The van der Waals surface area contributed by atoms with Gasteiger partial charge < -0.3 is 10.4 Å². The minimum Gasteiger partial charge on any atom is -0.478 e. The van der Waals surface area contributed by atoms with Crippen LogP contribution in [0.4, 0.5) is 5.69 Å². The first kappa shape index (κ1) is 11.0. The Balaban J connectivity index is 2.02. The van der Waals surface area contributed by atoms with Crippen LogP contribution in [0.25, 0.3) is 0 Å². The molecule has 1 aromatic rings. The number of hydrogen-bond donors (Lipinski definition) is 2. The zero-order valence-corrected chi connectivity index (χ0v) is 9.44. The van der Waals surface area contributed by atoms with Crippen LogP contribution in [0.1, 0.15) is 36.5 Å². The molecular formula is C13H17NO2. The first-order valence-corrected chi connectivity index (χ1v) is 5.76. The summed E-state index contributed by atoms with van der Waals surface area (Å²) in [6.45, 7) is 2.26. The lowest BCUT2D eigenvalue weighted by Crippen LogP contribution is -2.21. The molecule has 1 aromatic carbocycles. The summed E-state index contributed by atoms with van der Waals surface area (Å²) < 4.78 is 0. The van der Waals surface area contributed by atoms with E-state index in [0.29, 0.717) is 17.5 Å². The molecule has 2 rings (SSSR count). The summed E-state index contributed by atoms with van der Waals surface area (Å²) in [6.07, 6.45) is 3.78. The van der Waals surface area contributed by atoms with Crippen molar-refractivity contribution >= 4 is 11.7 Å². The van der Waals surface area contributed by atoms with Crippen molar-refractivity contribution < 1.29 is 9.90 Å². The van der Waals surface area contributed by atoms with Crippen molar-refractivity contribution in [2.75, 3.05) is 5.32 Å². The van der Waals surface area contributed by atoms with Crippen molar-refractivity contribution in [3.63, 3.8) is 0 Å². The molecule has 0 heterocycles. The van der Waals surface area contributed by atoms with Crippen LogP contribution >= 0.6 is 0 Å². The first-order chi connectivity index (χ1) is 7.66. The van der Waals surface area contributed by atoms with Crippen LogP contribution in [-0.4, -0.2) is 17.1 Å². The van der Waals surface area contributed by atoms with Gasteiger partial charge in [-0.2, -0.15) is 0 Å². The number of benzene rings is 1. The zero-order valence-electron chi connectivity index (χ0n) is 9.44. The van der Waals surface area contributed by atoms with Gasteiger partial charge in [-0.05, 0) is 43.0 Å². The topological polar surface area (TPSA) is 49.3 Å². The molecule has 1 fully saturated rings. The monoisotopic (exact) mass is 219 g/mol. The molecule has 2 N–H and O–H groups in total. The zero-order chi connectivity index (χ0) is 11.5. The van der Waals surface area contributed by atoms with E-state index in [1.165, 1.54) is 19.3 Å². The SMILES string of the molecule is CC1CCCC1Nc1ccc(C(=O)O)cc1. The molecule has 3 heteroatoms. The van der Waals surface area contributed by atoms with Crippen molar-refractivity contribution in [3.05, 3.63) is 29.8 Å². The Labute approximate surface area is 95.5 Å². The number of rotatable bonds is 3. The van der Waals surface area contributed by atoms with Crippen LogP contribution in [0.15, 0.2) is 24.3 Å². The Kier molecular flexibility index (Phi) is 3.13. The van der Waals surface area contributed by atoms with Crippen molar-refractivity contribution in [1.29, 1.82) is 0 Å². The average Bonchev–Trinajstić information content (AvgIpc) is 2.65. The van der Waals surface area contributed by atoms with Crippen LogP contribution < -0.4 is 5.32 Å². The van der Waals surface area contributed by atoms with E-state index in [2.05, 4.69) is 12.2 Å². The molecule has 16 heavy (non-hydrogen) atoms. The van der Waals surface area contributed by atoms with E-state index in [9.17, 15) is 4.79 Å². The van der Waals surface area contributed by atoms with Gasteiger partial charge in [0.15, 0.2) is 0 Å². The van der Waals surface area contributed by atoms with Gasteiger partial charge in [0, 0.05) is 11.7 Å². The lowest BCUT2D eigenvalue weighted by Gasteiger charge is -2.18. The fourth-order valence-corrected chi connectivity index (χ4v) is 2.28. The summed E-state index contributed by atoms with van der Waals surface area (Å²) in [5.41, 5.74) is 1.36. The third-order valence-electron chi connectivity index (χ3n) is 3.35. The summed E-state index contributed by atoms with van der Waals surface area (Å²) >= 11 is 0. The third kappa shape index (κ3) is 2.35. The van der Waals surface area contributed by atoms with Crippen LogP contribution in [0.5, 0.6) is 0 Å². The van der Waals surface area contributed by atoms with Gasteiger partial charge in [-0.1, -0.05) is 13.3 Å². The number of carboxylic acid groups (broad SMARTS) is 1. The molecule has 2 unspecified atom stereocenters. The number of nitrogens with one attached hydrogen (secondary N) is 1. The Morgan fingerprint density at radius 1 is 1.31 bits per heavy atom. The van der Waals surface area contributed by atoms with Crippen LogP contribution in [0.2, 0.25) is 0 Å². The normalized spacial score (nSPS) is 24.3. The molecule has 0 saturated heterocycles. The van der Waals surface area contributed by atoms with Gasteiger partial charge in [-0.3, -0.25) is 0 Å². The molecule has 0 aromatic heterocycles. The minimum atomic E-state index is -0.874. The van der Waals surface area contributed by atoms with Crippen LogP contribution in [0, 0.1) is 5.92 Å². The summed E-state index contributed by atoms with van der Waals surface area (Å²) in [7, 11) is 0. The lowest BCUT2D eigenvalue weighted by molar-refractivity contribution is 0.0697. The van der Waals surface area contributed by atoms with Crippen molar-refractivity contribution in [1.82, 2.24) is 0 Å². The Morgan fingerprint density at radius 2 is 2.00 bits per heavy atom. The number of carboxylic acids is 1. The molecule has 1 aliphatic carbocycles. The van der Waals surface area contributed by atoms with Gasteiger partial charge >= 0.3 is 5.97 Å². The third-order valence-corrected chi connectivity index (χ3v) is 3.35. The fraction of sp³-hybridized carbons (Fsp3) is 0.462. The van der Waals surface area contributed by atoms with Gasteiger partial charge in [-0.25, -0.2) is 4.79 Å². The van der Waals surface area contributed by atoms with Crippen LogP contribution in [-0.2, 0) is 0 Å². The average molecular weight is 219 g/mol.